The SMILES string of the molecule is CCCCCCCCCCCCOc1ccccc1NC(=O)OCCC[NH+]1CCCCC1. The number of ether oxygens (including phenoxy) is 2. The maximum atomic E-state index is 12.2. The Bertz CT molecular complexity index is 602. The molecule has 32 heavy (non-hydrogen) atoms. The lowest BCUT2D eigenvalue weighted by atomic mass is 10.1. The van der Waals surface area contributed by atoms with Crippen LogP contribution >= 0.6 is 0 Å². The highest BCUT2D eigenvalue weighted by Gasteiger charge is 2.13. The number of likely N-dealkylation sites (tertiary alicyclic amines) is 1. The number of para-hydroxylation sites is 2. The summed E-state index contributed by atoms with van der Waals surface area (Å²) in [6.45, 7) is 7.03. The van der Waals surface area contributed by atoms with Crippen molar-refractivity contribution < 1.29 is 19.2 Å². The second-order valence-corrected chi connectivity index (χ2v) is 9.20. The number of piperidine rings is 1. The van der Waals surface area contributed by atoms with E-state index in [1.165, 1.54) is 90.1 Å². The minimum Gasteiger partial charge on any atom is -0.491 e. The minimum atomic E-state index is -0.395. The summed E-state index contributed by atoms with van der Waals surface area (Å²) in [6, 6.07) is 7.62. The Hall–Kier alpha value is -1.75. The molecule has 1 saturated heterocycles. The van der Waals surface area contributed by atoms with E-state index < -0.39 is 6.09 Å². The van der Waals surface area contributed by atoms with Crippen molar-refractivity contribution in [2.75, 3.05) is 38.2 Å². The summed E-state index contributed by atoms with van der Waals surface area (Å²) in [4.78, 5) is 13.8. The molecule has 182 valence electrons. The largest absolute Gasteiger partial charge is 0.491 e. The number of hydrogen-bond donors (Lipinski definition) is 2. The average Bonchev–Trinajstić information content (AvgIpc) is 2.82. The number of quaternary nitrogens is 1. The van der Waals surface area contributed by atoms with Crippen molar-refractivity contribution in [3.05, 3.63) is 24.3 Å². The van der Waals surface area contributed by atoms with Crippen LogP contribution in [0, 0.1) is 0 Å². The van der Waals surface area contributed by atoms with E-state index in [4.69, 9.17) is 9.47 Å². The van der Waals surface area contributed by atoms with Gasteiger partial charge in [0.2, 0.25) is 0 Å². The van der Waals surface area contributed by atoms with Crippen LogP contribution in [-0.2, 0) is 4.74 Å². The van der Waals surface area contributed by atoms with Crippen LogP contribution in [0.2, 0.25) is 0 Å². The minimum absolute atomic E-state index is 0.395. The van der Waals surface area contributed by atoms with Gasteiger partial charge in [-0.1, -0.05) is 76.8 Å². The van der Waals surface area contributed by atoms with Gasteiger partial charge in [0.15, 0.2) is 0 Å². The smallest absolute Gasteiger partial charge is 0.411 e. The molecule has 5 heteroatoms. The summed E-state index contributed by atoms with van der Waals surface area (Å²) >= 11 is 0. The van der Waals surface area contributed by atoms with Crippen molar-refractivity contribution in [1.29, 1.82) is 0 Å². The number of carbonyl (C=O) groups excluding carboxylic acids is 1. The molecular weight excluding hydrogens is 400 g/mol. The Morgan fingerprint density at radius 2 is 1.50 bits per heavy atom. The lowest BCUT2D eigenvalue weighted by Crippen LogP contribution is -3.12. The lowest BCUT2D eigenvalue weighted by Gasteiger charge is -2.23. The molecule has 1 aromatic carbocycles. The number of carbonyl (C=O) groups is 1. The third kappa shape index (κ3) is 12.3. The molecule has 0 saturated carbocycles. The van der Waals surface area contributed by atoms with Crippen LogP contribution in [0.5, 0.6) is 5.75 Å². The van der Waals surface area contributed by atoms with Gasteiger partial charge in [-0.15, -0.1) is 0 Å². The van der Waals surface area contributed by atoms with Gasteiger partial charge >= 0.3 is 6.09 Å². The van der Waals surface area contributed by atoms with E-state index in [0.29, 0.717) is 18.9 Å². The second-order valence-electron chi connectivity index (χ2n) is 9.20. The maximum Gasteiger partial charge on any atom is 0.411 e. The van der Waals surface area contributed by atoms with Crippen molar-refractivity contribution in [3.63, 3.8) is 0 Å². The molecule has 1 aliphatic heterocycles. The fourth-order valence-electron chi connectivity index (χ4n) is 4.40. The predicted molar refractivity (Wildman–Crippen MR) is 133 cm³/mol. The van der Waals surface area contributed by atoms with Crippen LogP contribution in [0.15, 0.2) is 24.3 Å². The van der Waals surface area contributed by atoms with E-state index >= 15 is 0 Å². The number of unbranched alkanes of at least 4 members (excludes halogenated alkanes) is 9. The summed E-state index contributed by atoms with van der Waals surface area (Å²) in [5.74, 6) is 0.720. The van der Waals surface area contributed by atoms with Gasteiger partial charge in [0.1, 0.15) is 5.75 Å². The highest BCUT2D eigenvalue weighted by Crippen LogP contribution is 2.24. The topological polar surface area (TPSA) is 52.0 Å². The first-order chi connectivity index (χ1) is 15.8. The van der Waals surface area contributed by atoms with Crippen LogP contribution in [0.4, 0.5) is 10.5 Å². The molecule has 1 fully saturated rings. The first-order valence-electron chi connectivity index (χ1n) is 13.3. The molecule has 0 aromatic heterocycles. The van der Waals surface area contributed by atoms with Gasteiger partial charge < -0.3 is 14.4 Å². The third-order valence-electron chi connectivity index (χ3n) is 6.35. The second kappa shape index (κ2) is 17.8. The normalized spacial score (nSPS) is 14.3. The van der Waals surface area contributed by atoms with Gasteiger partial charge in [-0.05, 0) is 37.8 Å². The molecule has 0 spiro atoms. The molecule has 0 bridgehead atoms. The highest BCUT2D eigenvalue weighted by molar-refractivity contribution is 5.86. The third-order valence-corrected chi connectivity index (χ3v) is 6.35. The Labute approximate surface area is 196 Å². The van der Waals surface area contributed by atoms with E-state index in [1.54, 1.807) is 4.90 Å². The van der Waals surface area contributed by atoms with Crippen LogP contribution in [0.3, 0.4) is 0 Å². The van der Waals surface area contributed by atoms with Crippen molar-refractivity contribution >= 4 is 11.8 Å². The molecular formula is C27H47N2O3+. The number of nitrogens with one attached hydrogen (secondary N) is 2. The number of hydrogen-bond acceptors (Lipinski definition) is 3. The van der Waals surface area contributed by atoms with E-state index in [-0.39, 0.29) is 0 Å². The molecule has 0 aliphatic carbocycles. The fourth-order valence-corrected chi connectivity index (χ4v) is 4.40. The Morgan fingerprint density at radius 3 is 2.22 bits per heavy atom. The zero-order valence-electron chi connectivity index (χ0n) is 20.5. The lowest BCUT2D eigenvalue weighted by molar-refractivity contribution is -0.905. The quantitative estimate of drug-likeness (QED) is 0.288. The molecule has 0 radical (unpaired) electrons. The van der Waals surface area contributed by atoms with E-state index in [2.05, 4.69) is 12.2 Å². The van der Waals surface area contributed by atoms with Crippen molar-refractivity contribution in [3.8, 4) is 5.75 Å². The molecule has 1 aromatic rings. The molecule has 0 atom stereocenters. The zero-order valence-corrected chi connectivity index (χ0v) is 20.5. The Balaban J connectivity index is 1.53. The van der Waals surface area contributed by atoms with Gasteiger partial charge in [0, 0.05) is 6.42 Å². The summed E-state index contributed by atoms with van der Waals surface area (Å²) in [5.41, 5.74) is 0.686. The summed E-state index contributed by atoms with van der Waals surface area (Å²) < 4.78 is 11.3. The number of amides is 1. The molecule has 2 N–H and O–H groups in total. The zero-order chi connectivity index (χ0) is 22.7. The monoisotopic (exact) mass is 447 g/mol. The van der Waals surface area contributed by atoms with Crippen molar-refractivity contribution in [1.82, 2.24) is 0 Å². The van der Waals surface area contributed by atoms with Gasteiger partial charge in [0.05, 0.1) is 38.5 Å². The highest BCUT2D eigenvalue weighted by atomic mass is 16.5. The predicted octanol–water partition coefficient (Wildman–Crippen LogP) is 5.99. The summed E-state index contributed by atoms with van der Waals surface area (Å²) in [5, 5.41) is 2.85. The molecule has 5 nitrogen and oxygen atoms in total. The van der Waals surface area contributed by atoms with Gasteiger partial charge in [-0.25, -0.2) is 4.79 Å². The number of rotatable bonds is 17. The first-order valence-corrected chi connectivity index (χ1v) is 13.3. The van der Waals surface area contributed by atoms with Crippen LogP contribution in [-0.4, -0.2) is 38.9 Å². The molecule has 0 unspecified atom stereocenters. The average molecular weight is 448 g/mol. The summed E-state index contributed by atoms with van der Waals surface area (Å²) in [6.07, 6.45) is 17.6. The van der Waals surface area contributed by atoms with E-state index in [1.807, 2.05) is 24.3 Å². The molecule has 2 rings (SSSR count). The molecule has 1 heterocycles. The molecule has 1 aliphatic rings. The van der Waals surface area contributed by atoms with Gasteiger partial charge in [0.25, 0.3) is 0 Å². The fraction of sp³-hybridized carbons (Fsp3) is 0.741. The van der Waals surface area contributed by atoms with Crippen LogP contribution < -0.4 is 15.0 Å². The number of benzene rings is 1. The number of anilines is 1. The van der Waals surface area contributed by atoms with Crippen molar-refractivity contribution in [2.24, 2.45) is 0 Å². The van der Waals surface area contributed by atoms with Crippen molar-refractivity contribution in [2.45, 2.75) is 96.8 Å². The van der Waals surface area contributed by atoms with E-state index in [9.17, 15) is 4.79 Å². The maximum absolute atomic E-state index is 12.2. The van der Waals surface area contributed by atoms with Gasteiger partial charge in [-0.3, -0.25) is 5.32 Å². The Morgan fingerprint density at radius 1 is 0.844 bits per heavy atom. The first kappa shape index (κ1) is 26.5. The summed E-state index contributed by atoms with van der Waals surface area (Å²) in [7, 11) is 0. The van der Waals surface area contributed by atoms with E-state index in [0.717, 1.165) is 25.1 Å². The molecule has 1 amide bonds. The Kier molecular flexibility index (Phi) is 14.7. The van der Waals surface area contributed by atoms with Crippen LogP contribution in [0.1, 0.15) is 96.8 Å². The van der Waals surface area contributed by atoms with Crippen LogP contribution in [0.25, 0.3) is 0 Å². The van der Waals surface area contributed by atoms with Gasteiger partial charge in [-0.2, -0.15) is 0 Å². The standard InChI is InChI=1S/C27H46N2O3/c1-2-3-4-5-6-7-8-9-10-16-23-31-26-19-13-12-18-25(26)28-27(30)32-24-17-22-29-20-14-11-15-21-29/h12-13,18-19H,2-11,14-17,20-24H2,1H3,(H,28,30)/p+1.